The SMILES string of the molecule is CS(=O)(=O)NC1CCN(Cc2cn(-c3ccccc3)nc2-c2ccncc2)CC1. The molecule has 2 aromatic heterocycles. The Balaban J connectivity index is 1.54. The number of para-hydroxylation sites is 1. The molecule has 8 heteroatoms. The maximum atomic E-state index is 11.5. The lowest BCUT2D eigenvalue weighted by atomic mass is 10.0. The van der Waals surface area contributed by atoms with Gasteiger partial charge in [0.25, 0.3) is 0 Å². The van der Waals surface area contributed by atoms with E-state index >= 15 is 0 Å². The number of piperidine rings is 1. The quantitative estimate of drug-likeness (QED) is 0.674. The number of hydrogen-bond donors (Lipinski definition) is 1. The van der Waals surface area contributed by atoms with Gasteiger partial charge in [0.15, 0.2) is 0 Å². The summed E-state index contributed by atoms with van der Waals surface area (Å²) in [6.45, 7) is 2.47. The van der Waals surface area contributed by atoms with E-state index in [0.29, 0.717) is 0 Å². The summed E-state index contributed by atoms with van der Waals surface area (Å²) in [6, 6.07) is 14.0. The van der Waals surface area contributed by atoms with E-state index in [0.717, 1.165) is 55.0 Å². The van der Waals surface area contributed by atoms with E-state index in [4.69, 9.17) is 5.10 Å². The summed E-state index contributed by atoms with van der Waals surface area (Å²) < 4.78 is 27.6. The predicted octanol–water partition coefficient (Wildman–Crippen LogP) is 2.45. The van der Waals surface area contributed by atoms with Crippen LogP contribution in [-0.4, -0.2) is 53.5 Å². The third-order valence-corrected chi connectivity index (χ3v) is 5.89. The van der Waals surface area contributed by atoms with Crippen molar-refractivity contribution in [2.24, 2.45) is 0 Å². The molecule has 3 heterocycles. The molecule has 3 aromatic rings. The van der Waals surface area contributed by atoms with Crippen LogP contribution in [0.4, 0.5) is 0 Å². The van der Waals surface area contributed by atoms with Crippen molar-refractivity contribution >= 4 is 10.0 Å². The van der Waals surface area contributed by atoms with Crippen molar-refractivity contribution in [1.29, 1.82) is 0 Å². The Morgan fingerprint density at radius 1 is 1.07 bits per heavy atom. The van der Waals surface area contributed by atoms with Gasteiger partial charge in [-0.15, -0.1) is 0 Å². The van der Waals surface area contributed by atoms with Crippen molar-refractivity contribution in [2.75, 3.05) is 19.3 Å². The number of nitrogens with one attached hydrogen (secondary N) is 1. The molecule has 1 aliphatic rings. The van der Waals surface area contributed by atoms with Gasteiger partial charge < -0.3 is 0 Å². The molecule has 1 saturated heterocycles. The second-order valence-corrected chi connectivity index (χ2v) is 9.24. The molecule has 0 spiro atoms. The van der Waals surface area contributed by atoms with Crippen molar-refractivity contribution in [3.8, 4) is 16.9 Å². The van der Waals surface area contributed by atoms with Crippen molar-refractivity contribution < 1.29 is 8.42 Å². The highest BCUT2D eigenvalue weighted by molar-refractivity contribution is 7.88. The summed E-state index contributed by atoms with van der Waals surface area (Å²) in [6.07, 6.45) is 8.49. The van der Waals surface area contributed by atoms with Crippen molar-refractivity contribution in [3.63, 3.8) is 0 Å². The fourth-order valence-corrected chi connectivity index (χ4v) is 4.58. The third-order valence-electron chi connectivity index (χ3n) is 5.13. The molecular weight excluding hydrogens is 386 g/mol. The molecule has 7 nitrogen and oxygen atoms in total. The van der Waals surface area contributed by atoms with Gasteiger partial charge in [0.2, 0.25) is 10.0 Å². The molecule has 0 aliphatic carbocycles. The minimum Gasteiger partial charge on any atom is -0.299 e. The van der Waals surface area contributed by atoms with Crippen LogP contribution in [0.25, 0.3) is 16.9 Å². The first kappa shape index (κ1) is 19.8. The molecule has 0 atom stereocenters. The van der Waals surface area contributed by atoms with Crippen molar-refractivity contribution in [1.82, 2.24) is 24.4 Å². The number of aromatic nitrogens is 3. The molecule has 1 aliphatic heterocycles. The molecule has 0 unspecified atom stereocenters. The van der Waals surface area contributed by atoms with Gasteiger partial charge in [-0.3, -0.25) is 9.88 Å². The number of nitrogens with zero attached hydrogens (tertiary/aromatic N) is 4. The molecule has 0 saturated carbocycles. The average Bonchev–Trinajstić information content (AvgIpc) is 3.14. The van der Waals surface area contributed by atoms with E-state index in [-0.39, 0.29) is 6.04 Å². The lowest BCUT2D eigenvalue weighted by Gasteiger charge is -2.31. The number of sulfonamides is 1. The van der Waals surface area contributed by atoms with Crippen LogP contribution in [0.3, 0.4) is 0 Å². The van der Waals surface area contributed by atoms with Crippen LogP contribution in [0, 0.1) is 0 Å². The van der Waals surface area contributed by atoms with Crippen LogP contribution >= 0.6 is 0 Å². The molecule has 0 bridgehead atoms. The first-order valence-corrected chi connectivity index (χ1v) is 11.6. The molecule has 152 valence electrons. The fraction of sp³-hybridized carbons (Fsp3) is 0.333. The van der Waals surface area contributed by atoms with Crippen molar-refractivity contribution in [3.05, 3.63) is 66.6 Å². The standard InChI is InChI=1S/C21H25N5O2S/c1-29(27,28)24-19-9-13-25(14-10-19)15-18-16-26(20-5-3-2-4-6-20)23-21(18)17-7-11-22-12-8-17/h2-8,11-12,16,19,24H,9-10,13-15H2,1H3. The van der Waals surface area contributed by atoms with Crippen LogP contribution in [0.2, 0.25) is 0 Å². The number of benzene rings is 1. The van der Waals surface area contributed by atoms with Crippen LogP contribution in [-0.2, 0) is 16.6 Å². The topological polar surface area (TPSA) is 80.1 Å². The minimum absolute atomic E-state index is 0.0213. The zero-order chi connectivity index (χ0) is 20.3. The monoisotopic (exact) mass is 411 g/mol. The zero-order valence-electron chi connectivity index (χ0n) is 16.4. The molecule has 0 radical (unpaired) electrons. The van der Waals surface area contributed by atoms with Crippen LogP contribution in [0.15, 0.2) is 61.1 Å². The summed E-state index contributed by atoms with van der Waals surface area (Å²) in [5.74, 6) is 0. The van der Waals surface area contributed by atoms with Crippen molar-refractivity contribution in [2.45, 2.75) is 25.4 Å². The lowest BCUT2D eigenvalue weighted by Crippen LogP contribution is -2.43. The summed E-state index contributed by atoms with van der Waals surface area (Å²) in [7, 11) is -3.16. The van der Waals surface area contributed by atoms with Crippen LogP contribution < -0.4 is 4.72 Å². The van der Waals surface area contributed by atoms with E-state index in [1.165, 1.54) is 6.26 Å². The lowest BCUT2D eigenvalue weighted by molar-refractivity contribution is 0.200. The van der Waals surface area contributed by atoms with Gasteiger partial charge >= 0.3 is 0 Å². The largest absolute Gasteiger partial charge is 0.299 e. The van der Waals surface area contributed by atoms with E-state index in [1.807, 2.05) is 47.1 Å². The Labute approximate surface area is 171 Å². The van der Waals surface area contributed by atoms with Gasteiger partial charge in [0, 0.05) is 55.4 Å². The molecular formula is C21H25N5O2S. The number of pyridine rings is 1. The minimum atomic E-state index is -3.16. The smallest absolute Gasteiger partial charge is 0.208 e. The Bertz CT molecular complexity index is 1040. The summed E-state index contributed by atoms with van der Waals surface area (Å²) >= 11 is 0. The van der Waals surface area contributed by atoms with E-state index in [9.17, 15) is 8.42 Å². The fourth-order valence-electron chi connectivity index (χ4n) is 3.74. The molecule has 29 heavy (non-hydrogen) atoms. The molecule has 1 aromatic carbocycles. The highest BCUT2D eigenvalue weighted by atomic mass is 32.2. The first-order valence-electron chi connectivity index (χ1n) is 9.72. The van der Waals surface area contributed by atoms with Crippen LogP contribution in [0.5, 0.6) is 0 Å². The second kappa shape index (κ2) is 8.44. The maximum Gasteiger partial charge on any atom is 0.208 e. The number of hydrogen-bond acceptors (Lipinski definition) is 5. The highest BCUT2D eigenvalue weighted by Gasteiger charge is 2.23. The second-order valence-electron chi connectivity index (χ2n) is 7.46. The van der Waals surface area contributed by atoms with Gasteiger partial charge in [-0.2, -0.15) is 5.10 Å². The zero-order valence-corrected chi connectivity index (χ0v) is 17.2. The third kappa shape index (κ3) is 5.09. The van der Waals surface area contributed by atoms with Gasteiger partial charge in [-0.1, -0.05) is 18.2 Å². The summed E-state index contributed by atoms with van der Waals surface area (Å²) in [5, 5.41) is 4.85. The van der Waals surface area contributed by atoms with Crippen LogP contribution in [0.1, 0.15) is 18.4 Å². The van der Waals surface area contributed by atoms with Gasteiger partial charge in [0.05, 0.1) is 17.6 Å². The Morgan fingerprint density at radius 2 is 1.76 bits per heavy atom. The van der Waals surface area contributed by atoms with E-state index < -0.39 is 10.0 Å². The number of likely N-dealkylation sites (tertiary alicyclic amines) is 1. The maximum absolute atomic E-state index is 11.5. The van der Waals surface area contributed by atoms with Gasteiger partial charge in [-0.05, 0) is 37.1 Å². The van der Waals surface area contributed by atoms with Gasteiger partial charge in [-0.25, -0.2) is 17.8 Å². The molecule has 1 fully saturated rings. The Kier molecular flexibility index (Phi) is 5.75. The Hall–Kier alpha value is -2.55. The molecule has 0 amide bonds. The average molecular weight is 412 g/mol. The summed E-state index contributed by atoms with van der Waals surface area (Å²) in [4.78, 5) is 6.48. The van der Waals surface area contributed by atoms with E-state index in [1.54, 1.807) is 12.4 Å². The summed E-state index contributed by atoms with van der Waals surface area (Å²) in [5.41, 5.74) is 4.16. The number of rotatable bonds is 6. The van der Waals surface area contributed by atoms with Gasteiger partial charge in [0.1, 0.15) is 0 Å². The normalized spacial score (nSPS) is 16.2. The highest BCUT2D eigenvalue weighted by Crippen LogP contribution is 2.25. The van der Waals surface area contributed by atoms with E-state index in [2.05, 4.69) is 20.8 Å². The first-order chi connectivity index (χ1) is 14.0. The predicted molar refractivity (Wildman–Crippen MR) is 113 cm³/mol. The molecule has 1 N–H and O–H groups in total. The molecule has 4 rings (SSSR count). The Morgan fingerprint density at radius 3 is 2.41 bits per heavy atom.